The maximum Gasteiger partial charge on any atom is 0.0931 e. The molecule has 0 amide bonds. The molecule has 0 fully saturated rings. The van der Waals surface area contributed by atoms with E-state index in [1.807, 2.05) is 24.3 Å². The second kappa shape index (κ2) is 4.60. The Morgan fingerprint density at radius 1 is 1.33 bits per heavy atom. The third-order valence-corrected chi connectivity index (χ3v) is 2.32. The Kier molecular flexibility index (Phi) is 3.72. The number of hydrogen-bond donors (Lipinski definition) is 0. The molecule has 0 radical (unpaired) electrons. The van der Waals surface area contributed by atoms with Crippen LogP contribution in [0.1, 0.15) is 12.0 Å². The third kappa shape index (κ3) is 3.34. The molecule has 0 aromatic heterocycles. The van der Waals surface area contributed by atoms with Gasteiger partial charge in [-0.25, -0.2) is 4.39 Å². The molecule has 0 bridgehead atoms. The standard InChI is InChI=1S/C10H10FI/c1-8(11)2-3-9-4-6-10(12)7-5-9/h4-7H,1-3H2. The second-order valence-electron chi connectivity index (χ2n) is 2.64. The lowest BCUT2D eigenvalue weighted by Crippen LogP contribution is -1.84. The van der Waals surface area contributed by atoms with Gasteiger partial charge in [0.05, 0.1) is 5.83 Å². The van der Waals surface area contributed by atoms with Crippen molar-refractivity contribution in [3.63, 3.8) is 0 Å². The number of aryl methyl sites for hydroxylation is 1. The molecular formula is C10H10FI. The topological polar surface area (TPSA) is 0 Å². The van der Waals surface area contributed by atoms with Crippen molar-refractivity contribution in [3.8, 4) is 0 Å². The zero-order valence-corrected chi connectivity index (χ0v) is 8.84. The largest absolute Gasteiger partial charge is 0.212 e. The number of benzene rings is 1. The van der Waals surface area contributed by atoms with Gasteiger partial charge in [0.2, 0.25) is 0 Å². The Bertz CT molecular complexity index is 264. The summed E-state index contributed by atoms with van der Waals surface area (Å²) in [6.45, 7) is 3.22. The highest BCUT2D eigenvalue weighted by atomic mass is 127. The lowest BCUT2D eigenvalue weighted by atomic mass is 10.1. The number of allylic oxidation sites excluding steroid dienone is 1. The van der Waals surface area contributed by atoms with Gasteiger partial charge in [0.15, 0.2) is 0 Å². The van der Waals surface area contributed by atoms with Gasteiger partial charge in [-0.2, -0.15) is 0 Å². The van der Waals surface area contributed by atoms with Gasteiger partial charge in [-0.3, -0.25) is 0 Å². The van der Waals surface area contributed by atoms with Crippen LogP contribution in [0.4, 0.5) is 4.39 Å². The Morgan fingerprint density at radius 2 is 1.92 bits per heavy atom. The van der Waals surface area contributed by atoms with Crippen molar-refractivity contribution in [1.82, 2.24) is 0 Å². The first-order valence-electron chi connectivity index (χ1n) is 3.76. The fraction of sp³-hybridized carbons (Fsp3) is 0.200. The summed E-state index contributed by atoms with van der Waals surface area (Å²) >= 11 is 2.25. The van der Waals surface area contributed by atoms with E-state index in [2.05, 4.69) is 29.2 Å². The third-order valence-electron chi connectivity index (χ3n) is 1.60. The fourth-order valence-electron chi connectivity index (χ4n) is 0.931. The first-order chi connectivity index (χ1) is 5.68. The molecule has 0 spiro atoms. The van der Waals surface area contributed by atoms with Gasteiger partial charge in [0, 0.05) is 9.99 Å². The van der Waals surface area contributed by atoms with Gasteiger partial charge in [-0.15, -0.1) is 0 Å². The Labute approximate surface area is 85.6 Å². The molecule has 2 heteroatoms. The molecule has 0 heterocycles. The van der Waals surface area contributed by atoms with Gasteiger partial charge < -0.3 is 0 Å². The van der Waals surface area contributed by atoms with Gasteiger partial charge in [-0.1, -0.05) is 18.7 Å². The van der Waals surface area contributed by atoms with Crippen molar-refractivity contribution in [2.24, 2.45) is 0 Å². The maximum atomic E-state index is 12.3. The van der Waals surface area contributed by atoms with Crippen LogP contribution < -0.4 is 0 Å². The van der Waals surface area contributed by atoms with Gasteiger partial charge in [0.1, 0.15) is 0 Å². The summed E-state index contributed by atoms with van der Waals surface area (Å²) in [6.07, 6.45) is 1.17. The molecule has 0 aliphatic heterocycles. The molecule has 0 aliphatic rings. The maximum absolute atomic E-state index is 12.3. The Hall–Kier alpha value is -0.380. The van der Waals surface area contributed by atoms with E-state index in [9.17, 15) is 4.39 Å². The monoisotopic (exact) mass is 276 g/mol. The van der Waals surface area contributed by atoms with Crippen LogP contribution in [-0.4, -0.2) is 0 Å². The van der Waals surface area contributed by atoms with E-state index in [0.29, 0.717) is 6.42 Å². The normalized spacial score (nSPS) is 9.83. The van der Waals surface area contributed by atoms with E-state index in [0.717, 1.165) is 12.0 Å². The van der Waals surface area contributed by atoms with Crippen molar-refractivity contribution in [2.45, 2.75) is 12.8 Å². The predicted molar refractivity (Wildman–Crippen MR) is 57.7 cm³/mol. The summed E-state index contributed by atoms with van der Waals surface area (Å²) in [5.74, 6) is -0.242. The van der Waals surface area contributed by atoms with Crippen LogP contribution >= 0.6 is 22.6 Å². The first kappa shape index (κ1) is 9.71. The smallest absolute Gasteiger partial charge is 0.0931 e. The van der Waals surface area contributed by atoms with Crippen LogP contribution in [0.25, 0.3) is 0 Å². The molecule has 1 rings (SSSR count). The van der Waals surface area contributed by atoms with E-state index in [4.69, 9.17) is 0 Å². The highest BCUT2D eigenvalue weighted by molar-refractivity contribution is 14.1. The van der Waals surface area contributed by atoms with Crippen LogP contribution in [0.2, 0.25) is 0 Å². The Morgan fingerprint density at radius 3 is 2.42 bits per heavy atom. The van der Waals surface area contributed by atoms with Crippen LogP contribution in [0.3, 0.4) is 0 Å². The fourth-order valence-corrected chi connectivity index (χ4v) is 1.29. The molecule has 0 nitrogen and oxygen atoms in total. The molecular weight excluding hydrogens is 266 g/mol. The van der Waals surface area contributed by atoms with Crippen LogP contribution in [0, 0.1) is 3.57 Å². The van der Waals surface area contributed by atoms with Crippen LogP contribution in [-0.2, 0) is 6.42 Å². The van der Waals surface area contributed by atoms with Crippen molar-refractivity contribution in [1.29, 1.82) is 0 Å². The number of rotatable bonds is 3. The first-order valence-corrected chi connectivity index (χ1v) is 4.84. The minimum atomic E-state index is -0.242. The van der Waals surface area contributed by atoms with E-state index in [1.165, 1.54) is 3.57 Å². The zero-order chi connectivity index (χ0) is 8.97. The van der Waals surface area contributed by atoms with Crippen LogP contribution in [0.15, 0.2) is 36.7 Å². The summed E-state index contributed by atoms with van der Waals surface area (Å²) in [6, 6.07) is 8.09. The van der Waals surface area contributed by atoms with Crippen molar-refractivity contribution >= 4 is 22.6 Å². The highest BCUT2D eigenvalue weighted by Gasteiger charge is 1.94. The highest BCUT2D eigenvalue weighted by Crippen LogP contribution is 2.11. The molecule has 0 aliphatic carbocycles. The van der Waals surface area contributed by atoms with E-state index >= 15 is 0 Å². The predicted octanol–water partition coefficient (Wildman–Crippen LogP) is 3.71. The quantitative estimate of drug-likeness (QED) is 0.738. The SMILES string of the molecule is C=C(F)CCc1ccc(I)cc1. The van der Waals surface area contributed by atoms with E-state index < -0.39 is 0 Å². The van der Waals surface area contributed by atoms with Gasteiger partial charge >= 0.3 is 0 Å². The average molecular weight is 276 g/mol. The van der Waals surface area contributed by atoms with Crippen molar-refractivity contribution < 1.29 is 4.39 Å². The summed E-state index contributed by atoms with van der Waals surface area (Å²) in [5.41, 5.74) is 1.16. The van der Waals surface area contributed by atoms with Gasteiger partial charge in [0.25, 0.3) is 0 Å². The molecule has 0 atom stereocenters. The average Bonchev–Trinajstić information content (AvgIpc) is 2.03. The second-order valence-corrected chi connectivity index (χ2v) is 3.89. The Balaban J connectivity index is 2.53. The molecule has 1 aromatic rings. The summed E-state index contributed by atoms with van der Waals surface area (Å²) in [4.78, 5) is 0. The minimum Gasteiger partial charge on any atom is -0.212 e. The molecule has 0 saturated heterocycles. The minimum absolute atomic E-state index is 0.242. The van der Waals surface area contributed by atoms with E-state index in [-0.39, 0.29) is 5.83 Å². The van der Waals surface area contributed by atoms with Gasteiger partial charge in [-0.05, 0) is 46.7 Å². The molecule has 0 saturated carbocycles. The number of halogens is 2. The molecule has 64 valence electrons. The number of hydrogen-bond acceptors (Lipinski definition) is 0. The summed E-state index contributed by atoms with van der Waals surface area (Å²) in [7, 11) is 0. The lowest BCUT2D eigenvalue weighted by molar-refractivity contribution is 0.593. The lowest BCUT2D eigenvalue weighted by Gasteiger charge is -1.98. The van der Waals surface area contributed by atoms with E-state index in [1.54, 1.807) is 0 Å². The summed E-state index contributed by atoms with van der Waals surface area (Å²) < 4.78 is 13.5. The molecule has 0 N–H and O–H groups in total. The molecule has 1 aromatic carbocycles. The van der Waals surface area contributed by atoms with Crippen molar-refractivity contribution in [2.75, 3.05) is 0 Å². The zero-order valence-electron chi connectivity index (χ0n) is 6.69. The molecule has 12 heavy (non-hydrogen) atoms. The van der Waals surface area contributed by atoms with Crippen LogP contribution in [0.5, 0.6) is 0 Å². The molecule has 0 unspecified atom stereocenters. The summed E-state index contributed by atoms with van der Waals surface area (Å²) in [5, 5.41) is 0. The van der Waals surface area contributed by atoms with Crippen molar-refractivity contribution in [3.05, 3.63) is 45.8 Å².